The normalized spacial score (nSPS) is 12.5. The molecule has 1 rings (SSSR count). The predicted molar refractivity (Wildman–Crippen MR) is 77.9 cm³/mol. The summed E-state index contributed by atoms with van der Waals surface area (Å²) in [6.07, 6.45) is -0.838. The van der Waals surface area contributed by atoms with Gasteiger partial charge in [-0.2, -0.15) is 8.78 Å². The van der Waals surface area contributed by atoms with E-state index in [1.54, 1.807) is 27.7 Å². The lowest BCUT2D eigenvalue weighted by molar-refractivity contribution is -0.374. The average Bonchev–Trinajstić information content (AvgIpc) is 2.49. The number of hydrogen-bond donors (Lipinski definition) is 0. The van der Waals surface area contributed by atoms with E-state index in [1.807, 2.05) is 0 Å². The molecule has 138 valence electrons. The van der Waals surface area contributed by atoms with Gasteiger partial charge in [-0.25, -0.2) is 13.2 Å². The van der Waals surface area contributed by atoms with E-state index >= 15 is 0 Å². The molecule has 0 fully saturated rings. The first-order valence-corrected chi connectivity index (χ1v) is 7.91. The van der Waals surface area contributed by atoms with E-state index in [1.165, 1.54) is 0 Å². The van der Waals surface area contributed by atoms with E-state index in [-0.39, 0.29) is 10.5 Å². The minimum atomic E-state index is -2.26. The second-order valence-corrected chi connectivity index (χ2v) is 5.82. The Morgan fingerprint density at radius 1 is 0.792 bits per heavy atom. The maximum Gasteiger partial charge on any atom is 0.309 e. The van der Waals surface area contributed by atoms with Crippen molar-refractivity contribution in [2.24, 2.45) is 0 Å². The molecular formula is C14H19F5O4Si. The second kappa shape index (κ2) is 8.23. The molecule has 0 heterocycles. The molecule has 1 aromatic carbocycles. The predicted octanol–water partition coefficient (Wildman–Crippen LogP) is 2.56. The van der Waals surface area contributed by atoms with Crippen LogP contribution in [-0.4, -0.2) is 35.3 Å². The third-order valence-electron chi connectivity index (χ3n) is 2.70. The van der Waals surface area contributed by atoms with Crippen LogP contribution in [-0.2, 0) is 13.9 Å². The monoisotopic (exact) mass is 374 g/mol. The topological polar surface area (TPSA) is 36.9 Å². The number of ether oxygens (including phenoxy) is 3. The molecule has 0 aliphatic carbocycles. The van der Waals surface area contributed by atoms with Crippen molar-refractivity contribution < 1.29 is 40.6 Å². The van der Waals surface area contributed by atoms with Crippen LogP contribution in [0.15, 0.2) is 0 Å². The Kier molecular flexibility index (Phi) is 7.14. The number of rotatable bonds is 8. The highest BCUT2D eigenvalue weighted by Gasteiger charge is 2.37. The fraction of sp³-hybridized carbons (Fsp3) is 0.571. The number of hydrogen-bond acceptors (Lipinski definition) is 4. The highest BCUT2D eigenvalue weighted by molar-refractivity contribution is 5.98. The van der Waals surface area contributed by atoms with Crippen LogP contribution < -0.4 is 4.74 Å². The van der Waals surface area contributed by atoms with Gasteiger partial charge in [-0.15, -0.1) is 0 Å². The Labute approximate surface area is 139 Å². The Balaban J connectivity index is 3.15. The maximum absolute atomic E-state index is 13.6. The van der Waals surface area contributed by atoms with Crippen molar-refractivity contribution in [3.8, 4) is 5.75 Å². The van der Waals surface area contributed by atoms with Crippen molar-refractivity contribution in [1.82, 2.24) is 0 Å². The Morgan fingerprint density at radius 2 is 1.17 bits per heavy atom. The fourth-order valence-electron chi connectivity index (χ4n) is 1.84. The quantitative estimate of drug-likeness (QED) is 0.230. The van der Waals surface area contributed by atoms with Gasteiger partial charge in [0, 0.05) is 0 Å². The molecule has 0 spiro atoms. The summed E-state index contributed by atoms with van der Waals surface area (Å²) in [4.78, 5) is 0. The summed E-state index contributed by atoms with van der Waals surface area (Å²) in [6, 6.07) is 0. The second-order valence-electron chi connectivity index (χ2n) is 5.41. The van der Waals surface area contributed by atoms with Crippen LogP contribution in [0.5, 0.6) is 5.75 Å². The summed E-state index contributed by atoms with van der Waals surface area (Å²) in [7, 11) is 0.0995. The van der Waals surface area contributed by atoms with Gasteiger partial charge < -0.3 is 18.6 Å². The first kappa shape index (κ1) is 20.8. The molecule has 24 heavy (non-hydrogen) atoms. The van der Waals surface area contributed by atoms with Crippen molar-refractivity contribution in [3.05, 3.63) is 29.1 Å². The largest absolute Gasteiger partial charge is 0.479 e. The summed E-state index contributed by atoms with van der Waals surface area (Å²) >= 11 is 0. The van der Waals surface area contributed by atoms with Crippen molar-refractivity contribution in [3.63, 3.8) is 0 Å². The minimum absolute atomic E-state index is 0.0995. The Morgan fingerprint density at radius 3 is 1.50 bits per heavy atom. The van der Waals surface area contributed by atoms with Gasteiger partial charge in [0.25, 0.3) is 0 Å². The summed E-state index contributed by atoms with van der Waals surface area (Å²) in [6.45, 7) is 5.87. The fourth-order valence-corrected chi connectivity index (χ4v) is 2.15. The van der Waals surface area contributed by atoms with Gasteiger partial charge in [0.05, 0.1) is 12.2 Å². The molecule has 4 nitrogen and oxygen atoms in total. The molecule has 0 aliphatic rings. The van der Waals surface area contributed by atoms with E-state index in [9.17, 15) is 22.0 Å². The lowest BCUT2D eigenvalue weighted by atomic mass is 10.2. The molecular weight excluding hydrogens is 355 g/mol. The van der Waals surface area contributed by atoms with Gasteiger partial charge in [-0.3, -0.25) is 0 Å². The lowest BCUT2D eigenvalue weighted by Gasteiger charge is -2.35. The van der Waals surface area contributed by atoms with Crippen molar-refractivity contribution in [1.29, 1.82) is 0 Å². The molecule has 0 unspecified atom stereocenters. The molecule has 0 aromatic heterocycles. The smallest absolute Gasteiger partial charge is 0.309 e. The highest BCUT2D eigenvalue weighted by Crippen LogP contribution is 2.30. The molecule has 1 aromatic rings. The average molecular weight is 374 g/mol. The van der Waals surface area contributed by atoms with Crippen LogP contribution in [0.25, 0.3) is 0 Å². The minimum Gasteiger partial charge on any atom is -0.479 e. The van der Waals surface area contributed by atoms with Crippen LogP contribution >= 0.6 is 0 Å². The molecule has 0 radical (unpaired) electrons. The Hall–Kier alpha value is -1.23. The molecule has 0 bridgehead atoms. The van der Waals surface area contributed by atoms with Gasteiger partial charge in [0.2, 0.25) is 29.1 Å². The molecule has 0 amide bonds. The lowest BCUT2D eigenvalue weighted by Crippen LogP contribution is -2.47. The van der Waals surface area contributed by atoms with E-state index < -0.39 is 59.6 Å². The SMILES string of the molecule is CC(C)OC(COc1c(F)c(F)c(F)c(F)c1F)(O[SiH3])OC(C)C. The number of benzene rings is 1. The van der Waals surface area contributed by atoms with Crippen molar-refractivity contribution in [2.75, 3.05) is 6.61 Å². The molecule has 10 heteroatoms. The van der Waals surface area contributed by atoms with Crippen LogP contribution in [0.4, 0.5) is 22.0 Å². The standard InChI is InChI=1S/C14H19F5O4Si/c1-6(2)21-14(23-24,22-7(3)4)5-20-13-11(18)9(16)8(15)10(17)12(13)19/h6-7H,5H2,1-4,24H3. The first-order valence-electron chi connectivity index (χ1n) is 7.09. The van der Waals surface area contributed by atoms with E-state index in [4.69, 9.17) is 18.6 Å². The molecule has 0 N–H and O–H groups in total. The van der Waals surface area contributed by atoms with Crippen LogP contribution in [0, 0.1) is 29.1 Å². The van der Waals surface area contributed by atoms with Crippen LogP contribution in [0.3, 0.4) is 0 Å². The highest BCUT2D eigenvalue weighted by atomic mass is 28.2. The first-order chi connectivity index (χ1) is 11.0. The van der Waals surface area contributed by atoms with Gasteiger partial charge in [-0.05, 0) is 27.7 Å². The van der Waals surface area contributed by atoms with Gasteiger partial charge >= 0.3 is 5.97 Å². The number of halogens is 5. The molecule has 0 aliphatic heterocycles. The van der Waals surface area contributed by atoms with Crippen LogP contribution in [0.1, 0.15) is 27.7 Å². The van der Waals surface area contributed by atoms with E-state index in [0.29, 0.717) is 0 Å². The third kappa shape index (κ3) is 4.65. The maximum atomic E-state index is 13.6. The molecule has 0 atom stereocenters. The summed E-state index contributed by atoms with van der Waals surface area (Å²) in [5.74, 6) is -13.9. The van der Waals surface area contributed by atoms with Gasteiger partial charge in [-0.1, -0.05) is 0 Å². The zero-order valence-corrected chi connectivity index (χ0v) is 15.9. The summed E-state index contributed by atoms with van der Waals surface area (Å²) in [5.41, 5.74) is 0. The van der Waals surface area contributed by atoms with E-state index in [2.05, 4.69) is 0 Å². The summed E-state index contributed by atoms with van der Waals surface area (Å²) in [5, 5.41) is 0. The van der Waals surface area contributed by atoms with Crippen molar-refractivity contribution >= 4 is 10.5 Å². The third-order valence-corrected chi connectivity index (χ3v) is 3.33. The molecule has 0 saturated heterocycles. The zero-order chi connectivity index (χ0) is 18.7. The Bertz CT molecular complexity index is 544. The van der Waals surface area contributed by atoms with Gasteiger partial charge in [0.15, 0.2) is 22.8 Å². The zero-order valence-electron chi connectivity index (χ0n) is 13.9. The van der Waals surface area contributed by atoms with Crippen molar-refractivity contribution in [2.45, 2.75) is 45.9 Å². The van der Waals surface area contributed by atoms with E-state index in [0.717, 1.165) is 0 Å². The van der Waals surface area contributed by atoms with Gasteiger partial charge in [0.1, 0.15) is 0 Å². The molecule has 0 saturated carbocycles. The summed E-state index contributed by atoms with van der Waals surface area (Å²) < 4.78 is 87.6. The van der Waals surface area contributed by atoms with Crippen LogP contribution in [0.2, 0.25) is 0 Å².